The summed E-state index contributed by atoms with van der Waals surface area (Å²) in [6, 6.07) is 19.9. The van der Waals surface area contributed by atoms with Gasteiger partial charge in [-0.3, -0.25) is 10.3 Å². The van der Waals surface area contributed by atoms with Gasteiger partial charge >= 0.3 is 0 Å². The molecule has 0 aliphatic carbocycles. The fraction of sp³-hybridized carbons (Fsp3) is 0.125. The maximum absolute atomic E-state index is 5.58. The summed E-state index contributed by atoms with van der Waals surface area (Å²) in [5.74, 6) is 0. The SMILES string of the molecule is CONC(=COCc1ccccc1)c1ccccc1. The smallest absolute Gasteiger partial charge is 0.113 e. The molecule has 0 saturated carbocycles. The lowest BCUT2D eigenvalue weighted by atomic mass is 10.2. The van der Waals surface area contributed by atoms with Crippen molar-refractivity contribution in [2.24, 2.45) is 0 Å². The first-order chi connectivity index (χ1) is 9.40. The molecule has 0 unspecified atom stereocenters. The molecule has 2 aromatic rings. The summed E-state index contributed by atoms with van der Waals surface area (Å²) < 4.78 is 5.58. The molecule has 0 aromatic heterocycles. The van der Waals surface area contributed by atoms with E-state index in [-0.39, 0.29) is 0 Å². The van der Waals surface area contributed by atoms with Crippen LogP contribution in [0.3, 0.4) is 0 Å². The van der Waals surface area contributed by atoms with Gasteiger partial charge in [0.15, 0.2) is 0 Å². The topological polar surface area (TPSA) is 30.5 Å². The molecule has 0 bridgehead atoms. The molecule has 0 radical (unpaired) electrons. The van der Waals surface area contributed by atoms with Crippen molar-refractivity contribution in [1.29, 1.82) is 0 Å². The van der Waals surface area contributed by atoms with Crippen LogP contribution < -0.4 is 5.48 Å². The van der Waals surface area contributed by atoms with Crippen molar-refractivity contribution in [3.05, 3.63) is 78.1 Å². The largest absolute Gasteiger partial charge is 0.494 e. The van der Waals surface area contributed by atoms with Crippen molar-refractivity contribution in [3.8, 4) is 0 Å². The lowest BCUT2D eigenvalue weighted by Crippen LogP contribution is -2.10. The zero-order valence-corrected chi connectivity index (χ0v) is 10.9. The van der Waals surface area contributed by atoms with Crippen LogP contribution in [-0.2, 0) is 16.2 Å². The molecule has 0 aliphatic heterocycles. The van der Waals surface area contributed by atoms with E-state index in [1.54, 1.807) is 13.4 Å². The van der Waals surface area contributed by atoms with Crippen LogP contribution in [0.4, 0.5) is 0 Å². The average molecular weight is 255 g/mol. The van der Waals surface area contributed by atoms with Gasteiger partial charge < -0.3 is 4.74 Å². The van der Waals surface area contributed by atoms with Gasteiger partial charge in [0.25, 0.3) is 0 Å². The summed E-state index contributed by atoms with van der Waals surface area (Å²) in [4.78, 5) is 4.96. The monoisotopic (exact) mass is 255 g/mol. The highest BCUT2D eigenvalue weighted by Crippen LogP contribution is 2.11. The predicted octanol–water partition coefficient (Wildman–Crippen LogP) is 3.35. The summed E-state index contributed by atoms with van der Waals surface area (Å²) in [7, 11) is 1.58. The van der Waals surface area contributed by atoms with Gasteiger partial charge in [-0.1, -0.05) is 60.7 Å². The molecule has 0 fully saturated rings. The minimum absolute atomic E-state index is 0.530. The second-order valence-corrected chi connectivity index (χ2v) is 4.00. The second kappa shape index (κ2) is 7.24. The number of benzene rings is 2. The quantitative estimate of drug-likeness (QED) is 0.634. The first kappa shape index (κ1) is 13.2. The molecule has 1 N–H and O–H groups in total. The molecule has 3 nitrogen and oxygen atoms in total. The Morgan fingerprint density at radius 3 is 2.26 bits per heavy atom. The standard InChI is InChI=1S/C16H17NO2/c1-18-17-16(15-10-6-3-7-11-15)13-19-12-14-8-4-2-5-9-14/h2-11,13,17H,12H2,1H3. The Morgan fingerprint density at radius 1 is 1.00 bits per heavy atom. The van der Waals surface area contributed by atoms with E-state index in [1.807, 2.05) is 60.7 Å². The number of ether oxygens (including phenoxy) is 1. The van der Waals surface area contributed by atoms with E-state index in [0.717, 1.165) is 16.8 Å². The van der Waals surface area contributed by atoms with Gasteiger partial charge in [0.2, 0.25) is 0 Å². The van der Waals surface area contributed by atoms with E-state index in [0.29, 0.717) is 6.61 Å². The van der Waals surface area contributed by atoms with E-state index < -0.39 is 0 Å². The Balaban J connectivity index is 2.01. The van der Waals surface area contributed by atoms with Crippen LogP contribution in [0.5, 0.6) is 0 Å². The molecule has 0 aliphatic rings. The highest BCUT2D eigenvalue weighted by Gasteiger charge is 2.00. The van der Waals surface area contributed by atoms with Crippen LogP contribution in [0.1, 0.15) is 11.1 Å². The minimum Gasteiger partial charge on any atom is -0.494 e. The van der Waals surface area contributed by atoms with Crippen LogP contribution in [0.25, 0.3) is 5.70 Å². The molecule has 0 heterocycles. The summed E-state index contributed by atoms with van der Waals surface area (Å²) in [5, 5.41) is 0. The maximum Gasteiger partial charge on any atom is 0.113 e. The average Bonchev–Trinajstić information content (AvgIpc) is 2.48. The van der Waals surface area contributed by atoms with E-state index in [1.165, 1.54) is 0 Å². The van der Waals surface area contributed by atoms with Gasteiger partial charge in [-0.25, -0.2) is 0 Å². The van der Waals surface area contributed by atoms with Crippen molar-refractivity contribution in [2.75, 3.05) is 7.11 Å². The number of hydrogen-bond donors (Lipinski definition) is 1. The second-order valence-electron chi connectivity index (χ2n) is 4.00. The van der Waals surface area contributed by atoms with Crippen LogP contribution in [-0.4, -0.2) is 7.11 Å². The van der Waals surface area contributed by atoms with Crippen LogP contribution in [0, 0.1) is 0 Å². The predicted molar refractivity (Wildman–Crippen MR) is 75.8 cm³/mol. The Hall–Kier alpha value is -2.26. The molecular formula is C16H17NO2. The first-order valence-corrected chi connectivity index (χ1v) is 6.10. The van der Waals surface area contributed by atoms with Crippen molar-refractivity contribution in [3.63, 3.8) is 0 Å². The molecule has 3 heteroatoms. The molecule has 2 rings (SSSR count). The third-order valence-electron chi connectivity index (χ3n) is 2.59. The Bertz CT molecular complexity index is 509. The zero-order chi connectivity index (χ0) is 13.3. The fourth-order valence-electron chi connectivity index (χ4n) is 1.67. The molecular weight excluding hydrogens is 238 g/mol. The van der Waals surface area contributed by atoms with Gasteiger partial charge in [0, 0.05) is 5.56 Å². The molecule has 19 heavy (non-hydrogen) atoms. The van der Waals surface area contributed by atoms with Crippen LogP contribution >= 0.6 is 0 Å². The first-order valence-electron chi connectivity index (χ1n) is 6.10. The number of hydroxylamine groups is 1. The zero-order valence-electron chi connectivity index (χ0n) is 10.9. The Morgan fingerprint density at radius 2 is 1.63 bits per heavy atom. The summed E-state index contributed by atoms with van der Waals surface area (Å²) in [6.45, 7) is 0.530. The van der Waals surface area contributed by atoms with Gasteiger partial charge in [-0.05, 0) is 5.56 Å². The van der Waals surface area contributed by atoms with Gasteiger partial charge in [-0.2, -0.15) is 0 Å². The Labute approximate surface area is 113 Å². The van der Waals surface area contributed by atoms with E-state index in [4.69, 9.17) is 9.57 Å². The van der Waals surface area contributed by atoms with Crippen molar-refractivity contribution in [1.82, 2.24) is 5.48 Å². The van der Waals surface area contributed by atoms with Gasteiger partial charge in [0.05, 0.1) is 7.11 Å². The van der Waals surface area contributed by atoms with Gasteiger partial charge in [0.1, 0.15) is 18.6 Å². The normalized spacial score (nSPS) is 11.1. The van der Waals surface area contributed by atoms with Gasteiger partial charge in [-0.15, -0.1) is 0 Å². The lowest BCUT2D eigenvalue weighted by molar-refractivity contribution is 0.132. The molecule has 0 spiro atoms. The fourth-order valence-corrected chi connectivity index (χ4v) is 1.67. The minimum atomic E-state index is 0.530. The van der Waals surface area contributed by atoms with E-state index in [9.17, 15) is 0 Å². The van der Waals surface area contributed by atoms with Crippen molar-refractivity contribution in [2.45, 2.75) is 6.61 Å². The maximum atomic E-state index is 5.58. The molecule has 98 valence electrons. The van der Waals surface area contributed by atoms with Crippen molar-refractivity contribution >= 4 is 5.70 Å². The van der Waals surface area contributed by atoms with Crippen LogP contribution in [0.2, 0.25) is 0 Å². The number of hydrogen-bond acceptors (Lipinski definition) is 3. The third-order valence-corrected chi connectivity index (χ3v) is 2.59. The number of nitrogens with one attached hydrogen (secondary N) is 1. The van der Waals surface area contributed by atoms with E-state index in [2.05, 4.69) is 5.48 Å². The molecule has 0 saturated heterocycles. The van der Waals surface area contributed by atoms with Crippen LogP contribution in [0.15, 0.2) is 66.9 Å². The molecule has 0 atom stereocenters. The molecule has 0 amide bonds. The lowest BCUT2D eigenvalue weighted by Gasteiger charge is -2.09. The number of rotatable bonds is 6. The van der Waals surface area contributed by atoms with E-state index >= 15 is 0 Å². The summed E-state index contributed by atoms with van der Waals surface area (Å²) in [5.41, 5.74) is 5.75. The highest BCUT2D eigenvalue weighted by molar-refractivity contribution is 5.61. The summed E-state index contributed by atoms with van der Waals surface area (Å²) in [6.07, 6.45) is 1.67. The van der Waals surface area contributed by atoms with Crippen molar-refractivity contribution < 1.29 is 9.57 Å². The highest BCUT2D eigenvalue weighted by atomic mass is 16.6. The molecule has 2 aromatic carbocycles. The Kier molecular flexibility index (Phi) is 5.02. The third kappa shape index (κ3) is 4.16. The summed E-state index contributed by atoms with van der Waals surface area (Å²) >= 11 is 0.